The van der Waals surface area contributed by atoms with Crippen LogP contribution in [-0.4, -0.2) is 15.0 Å². The molecule has 0 atom stereocenters. The van der Waals surface area contributed by atoms with Gasteiger partial charge >= 0.3 is 0 Å². The molecule has 0 saturated carbocycles. The summed E-state index contributed by atoms with van der Waals surface area (Å²) in [6.07, 6.45) is 4.41. The van der Waals surface area contributed by atoms with Gasteiger partial charge in [-0.2, -0.15) is 8.42 Å². The Morgan fingerprint density at radius 2 is 1.68 bits per heavy atom. The van der Waals surface area contributed by atoms with E-state index >= 15 is 0 Å². The highest BCUT2D eigenvalue weighted by molar-refractivity contribution is 7.87. The van der Waals surface area contributed by atoms with E-state index in [-0.39, 0.29) is 6.61 Å². The SMILES string of the molecule is CCCCOS(=O)(=O)c1c(CCCC)ccc2ccccc12. The number of aryl methyl sites for hydroxylation is 1. The topological polar surface area (TPSA) is 43.4 Å². The molecule has 0 spiro atoms. The Morgan fingerprint density at radius 3 is 2.41 bits per heavy atom. The predicted molar refractivity (Wildman–Crippen MR) is 90.6 cm³/mol. The third-order valence-electron chi connectivity index (χ3n) is 3.75. The van der Waals surface area contributed by atoms with Crippen molar-refractivity contribution in [3.8, 4) is 0 Å². The van der Waals surface area contributed by atoms with Gasteiger partial charge < -0.3 is 0 Å². The molecule has 0 aromatic heterocycles. The van der Waals surface area contributed by atoms with E-state index in [1.165, 1.54) is 0 Å². The monoisotopic (exact) mass is 320 g/mol. The molecule has 120 valence electrons. The van der Waals surface area contributed by atoms with E-state index in [2.05, 4.69) is 6.92 Å². The smallest absolute Gasteiger partial charge is 0.266 e. The Balaban J connectivity index is 2.51. The van der Waals surface area contributed by atoms with Crippen molar-refractivity contribution in [1.82, 2.24) is 0 Å². The van der Waals surface area contributed by atoms with Crippen molar-refractivity contribution in [3.05, 3.63) is 42.0 Å². The molecular weight excluding hydrogens is 296 g/mol. The molecule has 0 aliphatic carbocycles. The maximum absolute atomic E-state index is 12.7. The van der Waals surface area contributed by atoms with Gasteiger partial charge in [-0.15, -0.1) is 0 Å². The molecule has 0 saturated heterocycles. The van der Waals surface area contributed by atoms with Gasteiger partial charge in [0.15, 0.2) is 0 Å². The summed E-state index contributed by atoms with van der Waals surface area (Å²) in [7, 11) is -3.72. The van der Waals surface area contributed by atoms with Crippen LogP contribution in [0.3, 0.4) is 0 Å². The molecule has 0 amide bonds. The van der Waals surface area contributed by atoms with E-state index in [9.17, 15) is 8.42 Å². The summed E-state index contributed by atoms with van der Waals surface area (Å²) in [6.45, 7) is 4.36. The Kier molecular flexibility index (Phi) is 5.98. The van der Waals surface area contributed by atoms with Gasteiger partial charge in [0.2, 0.25) is 0 Å². The summed E-state index contributed by atoms with van der Waals surface area (Å²) in [5.74, 6) is 0. The first-order chi connectivity index (χ1) is 10.6. The van der Waals surface area contributed by atoms with E-state index in [1.807, 2.05) is 43.3 Å². The van der Waals surface area contributed by atoms with Crippen LogP contribution in [0, 0.1) is 0 Å². The van der Waals surface area contributed by atoms with Crippen LogP contribution in [0.2, 0.25) is 0 Å². The van der Waals surface area contributed by atoms with Crippen LogP contribution in [0.1, 0.15) is 45.1 Å². The molecule has 0 unspecified atom stereocenters. The zero-order chi connectivity index (χ0) is 16.0. The molecule has 0 N–H and O–H groups in total. The van der Waals surface area contributed by atoms with E-state index in [1.54, 1.807) is 0 Å². The summed E-state index contributed by atoms with van der Waals surface area (Å²) in [5, 5.41) is 1.69. The number of hydrogen-bond donors (Lipinski definition) is 0. The van der Waals surface area contributed by atoms with Crippen molar-refractivity contribution >= 4 is 20.9 Å². The third-order valence-corrected chi connectivity index (χ3v) is 5.21. The van der Waals surface area contributed by atoms with Crippen LogP contribution in [0.25, 0.3) is 10.8 Å². The van der Waals surface area contributed by atoms with Crippen LogP contribution in [0.5, 0.6) is 0 Å². The molecule has 2 aromatic carbocycles. The molecule has 0 heterocycles. The molecule has 0 bridgehead atoms. The number of benzene rings is 2. The average molecular weight is 320 g/mol. The van der Waals surface area contributed by atoms with Crippen molar-refractivity contribution in [1.29, 1.82) is 0 Å². The zero-order valence-electron chi connectivity index (χ0n) is 13.3. The van der Waals surface area contributed by atoms with Crippen molar-refractivity contribution in [2.24, 2.45) is 0 Å². The Hall–Kier alpha value is -1.39. The second-order valence-corrected chi connectivity index (χ2v) is 7.06. The lowest BCUT2D eigenvalue weighted by Gasteiger charge is -2.13. The number of rotatable bonds is 8. The first-order valence-corrected chi connectivity index (χ1v) is 9.41. The lowest BCUT2D eigenvalue weighted by Crippen LogP contribution is -2.11. The Bertz CT molecular complexity index is 720. The normalized spacial score (nSPS) is 11.9. The largest absolute Gasteiger partial charge is 0.297 e. The van der Waals surface area contributed by atoms with E-state index in [4.69, 9.17) is 4.18 Å². The number of fused-ring (bicyclic) bond motifs is 1. The van der Waals surface area contributed by atoms with Gasteiger partial charge in [0.25, 0.3) is 10.1 Å². The molecule has 2 rings (SSSR count). The molecule has 0 fully saturated rings. The van der Waals surface area contributed by atoms with Crippen molar-refractivity contribution < 1.29 is 12.6 Å². The number of hydrogen-bond acceptors (Lipinski definition) is 3. The molecule has 0 radical (unpaired) electrons. The predicted octanol–water partition coefficient (Wildman–Crippen LogP) is 4.69. The quantitative estimate of drug-likeness (QED) is 0.523. The zero-order valence-corrected chi connectivity index (χ0v) is 14.2. The standard InChI is InChI=1S/C18H24O3S/c1-3-5-9-16-13-12-15-10-7-8-11-17(15)18(16)22(19,20)21-14-6-4-2/h7-8,10-13H,3-6,9,14H2,1-2H3. The van der Waals surface area contributed by atoms with Gasteiger partial charge in [0, 0.05) is 5.39 Å². The fraction of sp³-hybridized carbons (Fsp3) is 0.444. The fourth-order valence-corrected chi connectivity index (χ4v) is 3.92. The summed E-state index contributed by atoms with van der Waals surface area (Å²) in [6, 6.07) is 11.5. The second kappa shape index (κ2) is 7.75. The average Bonchev–Trinajstić information content (AvgIpc) is 2.52. The van der Waals surface area contributed by atoms with E-state index < -0.39 is 10.1 Å². The second-order valence-electron chi connectivity index (χ2n) is 5.51. The maximum Gasteiger partial charge on any atom is 0.297 e. The fourth-order valence-electron chi connectivity index (χ4n) is 2.52. The molecule has 0 aliphatic heterocycles. The molecule has 4 heteroatoms. The highest BCUT2D eigenvalue weighted by atomic mass is 32.2. The van der Waals surface area contributed by atoms with Crippen molar-refractivity contribution in [2.75, 3.05) is 6.61 Å². The number of unbranched alkanes of at least 4 members (excludes halogenated alkanes) is 2. The van der Waals surface area contributed by atoms with Crippen LogP contribution >= 0.6 is 0 Å². The van der Waals surface area contributed by atoms with Gasteiger partial charge in [0.05, 0.1) is 6.61 Å². The van der Waals surface area contributed by atoms with Gasteiger partial charge in [-0.05, 0) is 30.2 Å². The molecule has 2 aromatic rings. The minimum absolute atomic E-state index is 0.245. The van der Waals surface area contributed by atoms with Gasteiger partial charge in [-0.25, -0.2) is 0 Å². The van der Waals surface area contributed by atoms with Crippen molar-refractivity contribution in [2.45, 2.75) is 50.8 Å². The van der Waals surface area contributed by atoms with Gasteiger partial charge in [-0.1, -0.05) is 63.1 Å². The Labute approximate surface area is 133 Å². The summed E-state index contributed by atoms with van der Waals surface area (Å²) >= 11 is 0. The van der Waals surface area contributed by atoms with E-state index in [0.717, 1.165) is 48.4 Å². The first-order valence-electron chi connectivity index (χ1n) is 8.00. The molecule has 22 heavy (non-hydrogen) atoms. The van der Waals surface area contributed by atoms with Crippen molar-refractivity contribution in [3.63, 3.8) is 0 Å². The minimum Gasteiger partial charge on any atom is -0.266 e. The highest BCUT2D eigenvalue weighted by Crippen LogP contribution is 2.29. The van der Waals surface area contributed by atoms with E-state index in [0.29, 0.717) is 4.90 Å². The van der Waals surface area contributed by atoms with Gasteiger partial charge in [0.1, 0.15) is 4.90 Å². The molecular formula is C18H24O3S. The molecule has 3 nitrogen and oxygen atoms in total. The van der Waals surface area contributed by atoms with Crippen LogP contribution in [-0.2, 0) is 20.7 Å². The van der Waals surface area contributed by atoms with Crippen LogP contribution < -0.4 is 0 Å². The lowest BCUT2D eigenvalue weighted by molar-refractivity contribution is 0.311. The lowest BCUT2D eigenvalue weighted by atomic mass is 10.0. The highest BCUT2D eigenvalue weighted by Gasteiger charge is 2.22. The van der Waals surface area contributed by atoms with Gasteiger partial charge in [-0.3, -0.25) is 4.18 Å². The minimum atomic E-state index is -3.72. The summed E-state index contributed by atoms with van der Waals surface area (Å²) in [5.41, 5.74) is 0.858. The van der Waals surface area contributed by atoms with Crippen LogP contribution in [0.15, 0.2) is 41.3 Å². The summed E-state index contributed by atoms with van der Waals surface area (Å²) in [4.78, 5) is 0.357. The van der Waals surface area contributed by atoms with Crippen LogP contribution in [0.4, 0.5) is 0 Å². The maximum atomic E-state index is 12.7. The Morgan fingerprint density at radius 1 is 0.955 bits per heavy atom. The summed E-state index contributed by atoms with van der Waals surface area (Å²) < 4.78 is 30.6. The third kappa shape index (κ3) is 3.87. The first kappa shape index (κ1) is 17.0. The molecule has 0 aliphatic rings.